The highest BCUT2D eigenvalue weighted by atomic mass is 32.2. The topological polar surface area (TPSA) is 77.9 Å². The molecule has 1 fully saturated rings. The number of carboxylic acid groups (broad SMARTS) is 1. The summed E-state index contributed by atoms with van der Waals surface area (Å²) >= 11 is 6.07. The Morgan fingerprint density at radius 1 is 1.22 bits per heavy atom. The number of rotatable bonds is 3. The fourth-order valence-corrected chi connectivity index (χ4v) is 3.96. The van der Waals surface area contributed by atoms with E-state index in [0.717, 1.165) is 22.3 Å². The van der Waals surface area contributed by atoms with Crippen molar-refractivity contribution in [1.29, 1.82) is 0 Å². The number of carbonyl (C=O) groups is 3. The van der Waals surface area contributed by atoms with E-state index < -0.39 is 18.4 Å². The van der Waals surface area contributed by atoms with Crippen molar-refractivity contribution in [3.05, 3.63) is 34.7 Å². The van der Waals surface area contributed by atoms with Crippen LogP contribution >= 0.6 is 24.0 Å². The van der Waals surface area contributed by atoms with Gasteiger partial charge in [0.05, 0.1) is 16.2 Å². The van der Waals surface area contributed by atoms with E-state index in [1.807, 2.05) is 19.1 Å². The number of thioether (sulfide) groups is 1. The molecule has 8 heteroatoms. The van der Waals surface area contributed by atoms with Gasteiger partial charge in [0.15, 0.2) is 0 Å². The van der Waals surface area contributed by atoms with Crippen molar-refractivity contribution in [1.82, 2.24) is 4.90 Å². The summed E-state index contributed by atoms with van der Waals surface area (Å²) in [4.78, 5) is 38.9. The second-order valence-corrected chi connectivity index (χ2v) is 6.57. The van der Waals surface area contributed by atoms with E-state index in [0.29, 0.717) is 17.7 Å². The Hall–Kier alpha value is -2.19. The molecule has 118 valence electrons. The second kappa shape index (κ2) is 5.78. The van der Waals surface area contributed by atoms with Crippen molar-refractivity contribution in [2.45, 2.75) is 6.92 Å². The minimum atomic E-state index is -1.15. The summed E-state index contributed by atoms with van der Waals surface area (Å²) in [5.74, 6) is -1.94. The largest absolute Gasteiger partial charge is 0.480 e. The molecule has 0 aliphatic carbocycles. The molecule has 23 heavy (non-hydrogen) atoms. The third-order valence-corrected chi connectivity index (χ3v) is 5.06. The monoisotopic (exact) mass is 348 g/mol. The lowest BCUT2D eigenvalue weighted by atomic mass is 10.1. The first-order chi connectivity index (χ1) is 11.0. The zero-order chi connectivity index (χ0) is 16.7. The molecule has 0 bridgehead atoms. The van der Waals surface area contributed by atoms with Crippen LogP contribution in [0.4, 0.5) is 5.69 Å². The zero-order valence-electron chi connectivity index (χ0n) is 12.1. The number of carbonyl (C=O) groups excluding carboxylic acids is 2. The van der Waals surface area contributed by atoms with Gasteiger partial charge in [0, 0.05) is 12.1 Å². The number of aliphatic carboxylic acids is 1. The van der Waals surface area contributed by atoms with Gasteiger partial charge >= 0.3 is 5.97 Å². The molecule has 1 aromatic carbocycles. The normalized spacial score (nSPS) is 20.5. The Kier molecular flexibility index (Phi) is 3.95. The molecular formula is C15H12N2O4S2. The molecule has 0 saturated carbocycles. The highest BCUT2D eigenvalue weighted by Gasteiger charge is 2.41. The van der Waals surface area contributed by atoms with Crippen molar-refractivity contribution in [3.63, 3.8) is 0 Å². The maximum Gasteiger partial charge on any atom is 0.323 e. The quantitative estimate of drug-likeness (QED) is 0.662. The van der Waals surface area contributed by atoms with Crippen LogP contribution in [0, 0.1) is 0 Å². The summed E-state index contributed by atoms with van der Waals surface area (Å²) in [5.41, 5.74) is 1.72. The lowest BCUT2D eigenvalue weighted by molar-refractivity contribution is -0.140. The first-order valence-electron chi connectivity index (χ1n) is 6.86. The molecule has 2 aliphatic heterocycles. The van der Waals surface area contributed by atoms with Crippen LogP contribution < -0.4 is 4.90 Å². The van der Waals surface area contributed by atoms with Crippen molar-refractivity contribution >= 4 is 57.3 Å². The Balaban J connectivity index is 2.12. The maximum atomic E-state index is 12.7. The minimum absolute atomic E-state index is 0.153. The molecule has 2 heterocycles. The molecule has 2 aliphatic rings. The van der Waals surface area contributed by atoms with E-state index >= 15 is 0 Å². The summed E-state index contributed by atoms with van der Waals surface area (Å²) in [6, 6.07) is 7.22. The molecule has 0 atom stereocenters. The number of anilines is 1. The summed E-state index contributed by atoms with van der Waals surface area (Å²) in [6.07, 6.45) is 0. The Morgan fingerprint density at radius 2 is 1.91 bits per heavy atom. The van der Waals surface area contributed by atoms with Crippen LogP contribution in [-0.4, -0.2) is 45.2 Å². The molecule has 1 saturated heterocycles. The molecule has 0 unspecified atom stereocenters. The van der Waals surface area contributed by atoms with E-state index in [1.165, 1.54) is 0 Å². The average Bonchev–Trinajstić information content (AvgIpc) is 2.94. The second-order valence-electron chi connectivity index (χ2n) is 4.92. The summed E-state index contributed by atoms with van der Waals surface area (Å²) < 4.78 is 0.153. The number of thiocarbonyl (C=S) groups is 1. The number of hydrogen-bond donors (Lipinski definition) is 1. The van der Waals surface area contributed by atoms with Gasteiger partial charge in [-0.1, -0.05) is 42.2 Å². The molecule has 0 radical (unpaired) electrons. The Bertz CT molecular complexity index is 787. The van der Waals surface area contributed by atoms with E-state index in [9.17, 15) is 14.4 Å². The molecule has 0 aromatic heterocycles. The van der Waals surface area contributed by atoms with Gasteiger partial charge in [-0.2, -0.15) is 0 Å². The maximum absolute atomic E-state index is 12.7. The predicted octanol–water partition coefficient (Wildman–Crippen LogP) is 1.71. The number of hydrogen-bond acceptors (Lipinski definition) is 5. The molecule has 1 N–H and O–H groups in total. The van der Waals surface area contributed by atoms with Gasteiger partial charge in [-0.05, 0) is 13.0 Å². The third kappa shape index (κ3) is 2.43. The van der Waals surface area contributed by atoms with Gasteiger partial charge in [0.25, 0.3) is 11.8 Å². The van der Waals surface area contributed by atoms with Crippen LogP contribution in [0.1, 0.15) is 12.5 Å². The van der Waals surface area contributed by atoms with E-state index in [1.54, 1.807) is 17.0 Å². The standard InChI is InChI=1S/C15H12N2O4S2/c1-2-16-9-6-4-3-5-8(9)11(13(16)20)12-14(21)17(7-10(18)19)15(22)23-12/h3-6H,2,7H2,1H3,(H,18,19)/b12-11-. The van der Waals surface area contributed by atoms with Crippen LogP contribution in [0.2, 0.25) is 0 Å². The van der Waals surface area contributed by atoms with Crippen LogP contribution in [0.25, 0.3) is 5.57 Å². The first kappa shape index (κ1) is 15.7. The zero-order valence-corrected chi connectivity index (χ0v) is 13.7. The highest BCUT2D eigenvalue weighted by molar-refractivity contribution is 8.26. The number of para-hydroxylation sites is 1. The fourth-order valence-electron chi connectivity index (χ4n) is 2.63. The number of amides is 2. The van der Waals surface area contributed by atoms with Gasteiger partial charge in [0.2, 0.25) is 0 Å². The lowest BCUT2D eigenvalue weighted by Crippen LogP contribution is -2.33. The van der Waals surface area contributed by atoms with Crippen LogP contribution in [0.5, 0.6) is 0 Å². The van der Waals surface area contributed by atoms with Crippen LogP contribution in [-0.2, 0) is 14.4 Å². The summed E-state index contributed by atoms with van der Waals surface area (Å²) in [6.45, 7) is 1.83. The predicted molar refractivity (Wildman–Crippen MR) is 90.9 cm³/mol. The molecule has 6 nitrogen and oxygen atoms in total. The van der Waals surface area contributed by atoms with Gasteiger partial charge in [-0.25, -0.2) is 0 Å². The lowest BCUT2D eigenvalue weighted by Gasteiger charge is -2.13. The Morgan fingerprint density at radius 3 is 2.57 bits per heavy atom. The molecule has 3 rings (SSSR count). The van der Waals surface area contributed by atoms with Crippen molar-refractivity contribution < 1.29 is 19.5 Å². The average molecular weight is 348 g/mol. The first-order valence-corrected chi connectivity index (χ1v) is 8.09. The highest BCUT2D eigenvalue weighted by Crippen LogP contribution is 2.44. The number of nitrogens with zero attached hydrogens (tertiary/aromatic N) is 2. The van der Waals surface area contributed by atoms with Crippen molar-refractivity contribution in [3.8, 4) is 0 Å². The molecule has 0 spiro atoms. The smallest absolute Gasteiger partial charge is 0.323 e. The van der Waals surface area contributed by atoms with E-state index in [4.69, 9.17) is 17.3 Å². The van der Waals surface area contributed by atoms with Crippen molar-refractivity contribution in [2.24, 2.45) is 0 Å². The summed E-state index contributed by atoms with van der Waals surface area (Å²) in [5, 5.41) is 8.90. The molecular weight excluding hydrogens is 336 g/mol. The summed E-state index contributed by atoms with van der Waals surface area (Å²) in [7, 11) is 0. The number of fused-ring (bicyclic) bond motifs is 1. The van der Waals surface area contributed by atoms with Gasteiger partial charge in [-0.3, -0.25) is 19.3 Å². The number of benzene rings is 1. The number of carboxylic acids is 1. The number of likely N-dealkylation sites (N-methyl/N-ethyl adjacent to an activating group) is 1. The molecule has 1 aromatic rings. The van der Waals surface area contributed by atoms with E-state index in [-0.39, 0.29) is 15.1 Å². The van der Waals surface area contributed by atoms with Crippen molar-refractivity contribution in [2.75, 3.05) is 18.0 Å². The Labute approximate surface area is 141 Å². The van der Waals surface area contributed by atoms with Gasteiger partial charge in [0.1, 0.15) is 10.9 Å². The SMILES string of the molecule is CCN1C(=O)/C(=C2\SC(=S)N(CC(=O)O)C2=O)c2ccccc21. The van der Waals surface area contributed by atoms with Gasteiger partial charge < -0.3 is 10.0 Å². The van der Waals surface area contributed by atoms with E-state index in [2.05, 4.69) is 0 Å². The van der Waals surface area contributed by atoms with Gasteiger partial charge in [-0.15, -0.1) is 0 Å². The minimum Gasteiger partial charge on any atom is -0.480 e. The van der Waals surface area contributed by atoms with Crippen LogP contribution in [0.3, 0.4) is 0 Å². The van der Waals surface area contributed by atoms with Crippen LogP contribution in [0.15, 0.2) is 29.2 Å². The fraction of sp³-hybridized carbons (Fsp3) is 0.200. The third-order valence-electron chi connectivity index (χ3n) is 3.61. The molecule has 2 amide bonds.